The summed E-state index contributed by atoms with van der Waals surface area (Å²) in [6.45, 7) is 2.14. The Hall–Kier alpha value is -2.53. The molecule has 0 aromatic heterocycles. The first kappa shape index (κ1) is 73.7. The fraction of sp³-hybridized carbons (Fsp3) is 0.915. The molecule has 3 fully saturated rings. The zero-order valence-electron chi connectivity index (χ0n) is 49.3. The van der Waals surface area contributed by atoms with Gasteiger partial charge in [0.1, 0.15) is 67.1 Å². The van der Waals surface area contributed by atoms with Gasteiger partial charge in [0, 0.05) is 19.8 Å². The molecule has 0 aliphatic carbocycles. The monoisotopic (exact) mass is 1180 g/mol. The molecule has 18 unspecified atom stereocenters. The number of unbranched alkanes of at least 4 members (excludes halogenated alkanes) is 23. The van der Waals surface area contributed by atoms with Gasteiger partial charge in [-0.25, -0.2) is 4.79 Å². The fourth-order valence-electron chi connectivity index (χ4n) is 10.9. The Bertz CT molecular complexity index is 1740. The number of nitrogens with one attached hydrogen (secondary N) is 2. The number of aliphatic carboxylic acids is 1. The molecule has 2 amide bonds. The van der Waals surface area contributed by atoms with E-state index in [9.17, 15) is 75.7 Å². The molecule has 3 heterocycles. The van der Waals surface area contributed by atoms with Crippen LogP contribution in [0.4, 0.5) is 0 Å². The van der Waals surface area contributed by atoms with E-state index >= 15 is 0 Å². The van der Waals surface area contributed by atoms with E-state index < -0.39 is 148 Å². The van der Waals surface area contributed by atoms with E-state index in [4.69, 9.17) is 28.4 Å². The Kier molecular flexibility index (Phi) is 37.4. The van der Waals surface area contributed by atoms with Gasteiger partial charge in [-0.05, 0) is 38.5 Å². The molecule has 0 radical (unpaired) electrons. The lowest BCUT2D eigenvalue weighted by atomic mass is 9.88. The van der Waals surface area contributed by atoms with Crippen molar-refractivity contribution in [3.05, 3.63) is 12.2 Å². The summed E-state index contributed by atoms with van der Waals surface area (Å²) in [5.41, 5.74) is 0. The second-order valence-electron chi connectivity index (χ2n) is 22.9. The lowest BCUT2D eigenvalue weighted by molar-refractivity contribution is -0.386. The summed E-state index contributed by atoms with van der Waals surface area (Å²) < 4.78 is 34.7. The Labute approximate surface area is 486 Å². The van der Waals surface area contributed by atoms with Crippen molar-refractivity contribution in [1.82, 2.24) is 10.6 Å². The summed E-state index contributed by atoms with van der Waals surface area (Å²) in [6.07, 6.45) is 5.37. The highest BCUT2D eigenvalue weighted by atomic mass is 16.8. The number of amides is 2. The van der Waals surface area contributed by atoms with Crippen LogP contribution in [0.15, 0.2) is 12.2 Å². The van der Waals surface area contributed by atoms with Crippen LogP contribution in [0.25, 0.3) is 0 Å². The van der Waals surface area contributed by atoms with Gasteiger partial charge in [0.2, 0.25) is 11.8 Å². The van der Waals surface area contributed by atoms with Crippen LogP contribution in [0, 0.1) is 0 Å². The molecule has 3 rings (SSSR count). The van der Waals surface area contributed by atoms with Gasteiger partial charge in [0.25, 0.3) is 5.79 Å². The first-order valence-corrected chi connectivity index (χ1v) is 31.0. The van der Waals surface area contributed by atoms with Crippen molar-refractivity contribution in [2.75, 3.05) is 26.4 Å². The van der Waals surface area contributed by atoms with Crippen LogP contribution in [0.2, 0.25) is 0 Å². The molecule has 23 heteroatoms. The first-order valence-electron chi connectivity index (χ1n) is 31.0. The van der Waals surface area contributed by atoms with Crippen LogP contribution in [-0.4, -0.2) is 215 Å². The third-order valence-corrected chi connectivity index (χ3v) is 16.0. The highest BCUT2D eigenvalue weighted by molar-refractivity contribution is 5.77. The molecular formula is C59H108N2O21. The molecule has 3 aliphatic heterocycles. The highest BCUT2D eigenvalue weighted by Gasteiger charge is 2.60. The van der Waals surface area contributed by atoms with E-state index in [-0.39, 0.29) is 18.9 Å². The van der Waals surface area contributed by atoms with Crippen LogP contribution in [0.3, 0.4) is 0 Å². The maximum Gasteiger partial charge on any atom is 0.364 e. The van der Waals surface area contributed by atoms with Crippen molar-refractivity contribution in [2.45, 2.75) is 317 Å². The van der Waals surface area contributed by atoms with Gasteiger partial charge in [0.05, 0.1) is 50.7 Å². The van der Waals surface area contributed by atoms with Crippen molar-refractivity contribution in [3.63, 3.8) is 0 Å². The molecule has 0 saturated carbocycles. The molecule has 0 bridgehead atoms. The third kappa shape index (κ3) is 25.4. The lowest BCUT2D eigenvalue weighted by Gasteiger charge is -2.50. The van der Waals surface area contributed by atoms with Gasteiger partial charge in [-0.15, -0.1) is 0 Å². The minimum atomic E-state index is -3.08. The number of carboxylic acids is 1. The van der Waals surface area contributed by atoms with E-state index in [1.807, 2.05) is 0 Å². The predicted octanol–water partition coefficient (Wildman–Crippen LogP) is 3.17. The molecule has 0 aromatic rings. The van der Waals surface area contributed by atoms with Crippen molar-refractivity contribution in [2.24, 2.45) is 0 Å². The summed E-state index contributed by atoms with van der Waals surface area (Å²) >= 11 is 0. The molecule has 18 atom stereocenters. The minimum Gasteiger partial charge on any atom is -0.477 e. The van der Waals surface area contributed by atoms with Gasteiger partial charge >= 0.3 is 5.97 Å². The second-order valence-corrected chi connectivity index (χ2v) is 22.9. The largest absolute Gasteiger partial charge is 0.477 e. The molecule has 3 saturated heterocycles. The van der Waals surface area contributed by atoms with Crippen LogP contribution in [-0.2, 0) is 42.8 Å². The van der Waals surface area contributed by atoms with Gasteiger partial charge in [0.15, 0.2) is 12.6 Å². The van der Waals surface area contributed by atoms with Crippen LogP contribution in [0.1, 0.15) is 207 Å². The number of aliphatic hydroxyl groups is 11. The maximum absolute atomic E-state index is 13.4. The maximum atomic E-state index is 13.4. The molecule has 14 N–H and O–H groups in total. The summed E-state index contributed by atoms with van der Waals surface area (Å²) in [7, 11) is 0. The Balaban J connectivity index is 1.63. The van der Waals surface area contributed by atoms with E-state index in [2.05, 4.69) is 36.6 Å². The summed E-state index contributed by atoms with van der Waals surface area (Å²) in [6, 6.07) is -2.53. The Morgan fingerprint density at radius 3 is 1.65 bits per heavy atom. The molecule has 3 aliphatic rings. The van der Waals surface area contributed by atoms with Crippen LogP contribution < -0.4 is 10.6 Å². The standard InChI is InChI=1S/C59H108N2O21/c1-4-6-8-10-12-14-16-17-18-19-20-21-22-23-25-27-29-31-33-46(69)61-40(41(66)32-30-28-26-24-15-13-11-9-7-5-2)38-77-56-51(73)50(72)53(45(37-64)79-56)80-57-52(74)55(49(71)44(36-63)78-57)82-59(58(75)76)34-42(67)47(60-39(3)65)54(81-59)48(70)43(68)35-62/h20-21,40-45,47-57,62-64,66-68,70-74H,4-19,22-38H2,1-3H3,(H,60,65)(H,61,69)(H,75,76)/b21-20-. The van der Waals surface area contributed by atoms with Gasteiger partial charge in [-0.2, -0.15) is 0 Å². The van der Waals surface area contributed by atoms with Gasteiger partial charge in [-0.3, -0.25) is 9.59 Å². The van der Waals surface area contributed by atoms with Crippen molar-refractivity contribution in [1.29, 1.82) is 0 Å². The highest BCUT2D eigenvalue weighted by Crippen LogP contribution is 2.38. The first-order chi connectivity index (χ1) is 39.4. The number of aliphatic hydroxyl groups excluding tert-OH is 11. The molecule has 23 nitrogen and oxygen atoms in total. The van der Waals surface area contributed by atoms with E-state index in [0.717, 1.165) is 71.1 Å². The summed E-state index contributed by atoms with van der Waals surface area (Å²) in [5, 5.41) is 135. The number of ether oxygens (including phenoxy) is 6. The lowest BCUT2D eigenvalue weighted by Crippen LogP contribution is -2.70. The van der Waals surface area contributed by atoms with E-state index in [0.29, 0.717) is 19.3 Å². The SMILES string of the molecule is CCCCCCCCCCC/C=C\CCCCCCCC(=O)NC(COC1OC(CO)C(OC2OC(CO)C(O)C(OC3(C(=O)O)CC(O)C(NC(C)=O)C(C(O)C(O)CO)O3)C2O)C(O)C1O)C(O)CCCCCCCCCCCC. The van der Waals surface area contributed by atoms with Crippen molar-refractivity contribution >= 4 is 17.8 Å². The minimum absolute atomic E-state index is 0.214. The number of carbonyl (C=O) groups is 3. The second kappa shape index (κ2) is 41.5. The third-order valence-electron chi connectivity index (χ3n) is 16.0. The fourth-order valence-corrected chi connectivity index (χ4v) is 10.9. The van der Waals surface area contributed by atoms with Crippen molar-refractivity contribution in [3.8, 4) is 0 Å². The molecule has 480 valence electrons. The number of carboxylic acid groups (broad SMARTS) is 1. The number of hydrogen-bond acceptors (Lipinski definition) is 20. The van der Waals surface area contributed by atoms with E-state index in [1.54, 1.807) is 0 Å². The van der Waals surface area contributed by atoms with Crippen molar-refractivity contribution < 1.29 is 104 Å². The smallest absolute Gasteiger partial charge is 0.364 e. The Morgan fingerprint density at radius 2 is 1.13 bits per heavy atom. The number of carbonyl (C=O) groups excluding carboxylic acids is 2. The van der Waals surface area contributed by atoms with Gasteiger partial charge < -0.3 is 100 Å². The quantitative estimate of drug-likeness (QED) is 0.0307. The molecular weight excluding hydrogens is 1070 g/mol. The Morgan fingerprint density at radius 1 is 0.622 bits per heavy atom. The zero-order valence-corrected chi connectivity index (χ0v) is 49.3. The number of rotatable bonds is 45. The van der Waals surface area contributed by atoms with Crippen LogP contribution in [0.5, 0.6) is 0 Å². The molecule has 0 spiro atoms. The zero-order chi connectivity index (χ0) is 60.5. The average molecular weight is 1180 g/mol. The summed E-state index contributed by atoms with van der Waals surface area (Å²) in [4.78, 5) is 38.4. The topological polar surface area (TPSA) is 373 Å². The number of hydrogen-bond donors (Lipinski definition) is 14. The van der Waals surface area contributed by atoms with Crippen LogP contribution >= 0.6 is 0 Å². The van der Waals surface area contributed by atoms with Gasteiger partial charge in [-0.1, -0.05) is 161 Å². The molecule has 82 heavy (non-hydrogen) atoms. The average Bonchev–Trinajstić information content (AvgIpc) is 3.22. The van der Waals surface area contributed by atoms with E-state index in [1.165, 1.54) is 89.9 Å². The predicted molar refractivity (Wildman–Crippen MR) is 301 cm³/mol. The summed E-state index contributed by atoms with van der Waals surface area (Å²) in [5.74, 6) is -6.11. The molecule has 0 aromatic carbocycles. The normalized spacial score (nSPS) is 30.2. The number of allylic oxidation sites excluding steroid dienone is 2.